The van der Waals surface area contributed by atoms with E-state index in [4.69, 9.17) is 22.2 Å². The van der Waals surface area contributed by atoms with E-state index in [0.717, 1.165) is 20.5 Å². The fourth-order valence-electron chi connectivity index (χ4n) is 1.75. The van der Waals surface area contributed by atoms with Crippen LogP contribution in [0.1, 0.15) is 23.4 Å². The fourth-order valence-corrected chi connectivity index (χ4v) is 2.90. The number of benzene rings is 1. The van der Waals surface area contributed by atoms with Gasteiger partial charge in [0.05, 0.1) is 17.0 Å². The van der Waals surface area contributed by atoms with Crippen molar-refractivity contribution < 1.29 is 4.74 Å². The summed E-state index contributed by atoms with van der Waals surface area (Å²) in [6, 6.07) is 11.7. The average molecular weight is 283 g/mol. The number of nitrogens with two attached hydrogens (primary N) is 1. The van der Waals surface area contributed by atoms with Gasteiger partial charge in [-0.2, -0.15) is 0 Å². The van der Waals surface area contributed by atoms with Crippen LogP contribution in [0.4, 0.5) is 0 Å². The highest BCUT2D eigenvalue weighted by Gasteiger charge is 2.14. The molecule has 0 saturated heterocycles. The van der Waals surface area contributed by atoms with Gasteiger partial charge in [-0.25, -0.2) is 5.43 Å². The third kappa shape index (κ3) is 3.03. The van der Waals surface area contributed by atoms with Crippen molar-refractivity contribution in [3.05, 3.63) is 51.2 Å². The summed E-state index contributed by atoms with van der Waals surface area (Å²) in [5, 5.41) is 0. The molecule has 2 rings (SSSR count). The number of nitrogens with one attached hydrogen (secondary N) is 1. The molecule has 0 aliphatic carbocycles. The molecule has 5 heteroatoms. The lowest BCUT2D eigenvalue weighted by molar-refractivity contribution is 0.340. The summed E-state index contributed by atoms with van der Waals surface area (Å²) < 4.78 is 6.17. The van der Waals surface area contributed by atoms with E-state index in [9.17, 15) is 0 Å². The minimum absolute atomic E-state index is 0.0434. The standard InChI is InChI=1S/C13H15ClN2OS/c1-2-17-10-5-3-9(4-6-10)13(16-15)11-7-8-12(14)18-11/h3-8,13,16H,2,15H2,1H3. The SMILES string of the molecule is CCOc1ccc(C(NN)c2ccc(Cl)s2)cc1. The van der Waals surface area contributed by atoms with Gasteiger partial charge in [0.25, 0.3) is 0 Å². The first-order valence-corrected chi connectivity index (χ1v) is 6.88. The lowest BCUT2D eigenvalue weighted by Crippen LogP contribution is -2.28. The lowest BCUT2D eigenvalue weighted by Gasteiger charge is -2.15. The predicted molar refractivity (Wildman–Crippen MR) is 76.1 cm³/mol. The minimum atomic E-state index is -0.0434. The van der Waals surface area contributed by atoms with Gasteiger partial charge in [0, 0.05) is 4.88 Å². The Balaban J connectivity index is 2.22. The minimum Gasteiger partial charge on any atom is -0.494 e. The Morgan fingerprint density at radius 3 is 2.50 bits per heavy atom. The molecule has 2 aromatic rings. The quantitative estimate of drug-likeness (QED) is 0.653. The highest BCUT2D eigenvalue weighted by Crippen LogP contribution is 2.31. The van der Waals surface area contributed by atoms with Gasteiger partial charge in [0.2, 0.25) is 0 Å². The van der Waals surface area contributed by atoms with E-state index >= 15 is 0 Å². The van der Waals surface area contributed by atoms with Gasteiger partial charge in [-0.05, 0) is 36.8 Å². The second-order valence-electron chi connectivity index (χ2n) is 3.74. The summed E-state index contributed by atoms with van der Waals surface area (Å²) in [4.78, 5) is 1.09. The normalized spacial score (nSPS) is 12.4. The summed E-state index contributed by atoms with van der Waals surface area (Å²) >= 11 is 7.47. The van der Waals surface area contributed by atoms with Gasteiger partial charge in [-0.3, -0.25) is 5.84 Å². The van der Waals surface area contributed by atoms with Crippen LogP contribution in [0.25, 0.3) is 0 Å². The molecule has 18 heavy (non-hydrogen) atoms. The Hall–Kier alpha value is -1.07. The van der Waals surface area contributed by atoms with Crippen molar-refractivity contribution in [3.8, 4) is 5.75 Å². The molecule has 0 radical (unpaired) electrons. The molecule has 1 heterocycles. The highest BCUT2D eigenvalue weighted by atomic mass is 35.5. The molecule has 1 aromatic carbocycles. The molecule has 1 unspecified atom stereocenters. The van der Waals surface area contributed by atoms with Gasteiger partial charge in [-0.1, -0.05) is 23.7 Å². The largest absolute Gasteiger partial charge is 0.494 e. The number of ether oxygens (including phenoxy) is 1. The first-order chi connectivity index (χ1) is 8.74. The fraction of sp³-hybridized carbons (Fsp3) is 0.231. The molecule has 0 amide bonds. The molecule has 0 fully saturated rings. The summed E-state index contributed by atoms with van der Waals surface area (Å²) in [5.41, 5.74) is 3.89. The third-order valence-corrected chi connectivity index (χ3v) is 3.87. The van der Waals surface area contributed by atoms with Gasteiger partial charge in [-0.15, -0.1) is 11.3 Å². The molecule has 1 atom stereocenters. The van der Waals surface area contributed by atoms with Crippen LogP contribution in [-0.2, 0) is 0 Å². The topological polar surface area (TPSA) is 47.3 Å². The molecule has 3 nitrogen and oxygen atoms in total. The Morgan fingerprint density at radius 2 is 2.00 bits per heavy atom. The van der Waals surface area contributed by atoms with E-state index in [1.165, 1.54) is 11.3 Å². The number of rotatable bonds is 5. The number of hydrogen-bond donors (Lipinski definition) is 2. The number of hydrazine groups is 1. The molecule has 0 aliphatic heterocycles. The number of hydrogen-bond acceptors (Lipinski definition) is 4. The molecule has 3 N–H and O–H groups in total. The average Bonchev–Trinajstić information content (AvgIpc) is 2.79. The smallest absolute Gasteiger partial charge is 0.119 e. The maximum Gasteiger partial charge on any atom is 0.119 e. The molecular weight excluding hydrogens is 268 g/mol. The van der Waals surface area contributed by atoms with Crippen LogP contribution < -0.4 is 16.0 Å². The van der Waals surface area contributed by atoms with Crippen molar-refractivity contribution in [2.24, 2.45) is 5.84 Å². The van der Waals surface area contributed by atoms with Crippen LogP contribution in [0.5, 0.6) is 5.75 Å². The first kappa shape index (κ1) is 13.4. The zero-order chi connectivity index (χ0) is 13.0. The van der Waals surface area contributed by atoms with Crippen LogP contribution in [0.3, 0.4) is 0 Å². The van der Waals surface area contributed by atoms with E-state index < -0.39 is 0 Å². The molecule has 0 aliphatic rings. The van der Waals surface area contributed by atoms with E-state index in [1.54, 1.807) is 0 Å². The Labute approximate surface area is 116 Å². The van der Waals surface area contributed by atoms with Crippen LogP contribution in [0, 0.1) is 0 Å². The van der Waals surface area contributed by atoms with Gasteiger partial charge >= 0.3 is 0 Å². The second-order valence-corrected chi connectivity index (χ2v) is 5.49. The molecule has 0 spiro atoms. The summed E-state index contributed by atoms with van der Waals surface area (Å²) in [6.07, 6.45) is 0. The summed E-state index contributed by atoms with van der Waals surface area (Å²) in [6.45, 7) is 2.63. The Bertz CT molecular complexity index is 498. The van der Waals surface area contributed by atoms with Gasteiger partial charge < -0.3 is 4.74 Å². The summed E-state index contributed by atoms with van der Waals surface area (Å²) in [7, 11) is 0. The molecule has 96 valence electrons. The van der Waals surface area contributed by atoms with E-state index in [0.29, 0.717) is 6.61 Å². The predicted octanol–water partition coefficient (Wildman–Crippen LogP) is 3.35. The molecule has 0 bridgehead atoms. The van der Waals surface area contributed by atoms with Crippen molar-refractivity contribution in [2.75, 3.05) is 6.61 Å². The van der Waals surface area contributed by atoms with Gasteiger partial charge in [0.1, 0.15) is 5.75 Å². The van der Waals surface area contributed by atoms with Gasteiger partial charge in [0.15, 0.2) is 0 Å². The molecule has 1 aromatic heterocycles. The molecule has 0 saturated carbocycles. The maximum atomic E-state index is 5.95. The molecular formula is C13H15ClN2OS. The Kier molecular flexibility index (Phi) is 4.60. The van der Waals surface area contributed by atoms with Crippen molar-refractivity contribution in [1.29, 1.82) is 0 Å². The van der Waals surface area contributed by atoms with Crippen molar-refractivity contribution in [3.63, 3.8) is 0 Å². The summed E-state index contributed by atoms with van der Waals surface area (Å²) in [5.74, 6) is 6.49. The van der Waals surface area contributed by atoms with Crippen molar-refractivity contribution in [1.82, 2.24) is 5.43 Å². The second kappa shape index (κ2) is 6.20. The lowest BCUT2D eigenvalue weighted by atomic mass is 10.1. The van der Waals surface area contributed by atoms with E-state index in [-0.39, 0.29) is 6.04 Å². The van der Waals surface area contributed by atoms with Crippen LogP contribution in [0.2, 0.25) is 4.34 Å². The Morgan fingerprint density at radius 1 is 1.28 bits per heavy atom. The first-order valence-electron chi connectivity index (χ1n) is 5.68. The van der Waals surface area contributed by atoms with E-state index in [2.05, 4.69) is 5.43 Å². The van der Waals surface area contributed by atoms with Crippen LogP contribution in [-0.4, -0.2) is 6.61 Å². The third-order valence-electron chi connectivity index (χ3n) is 2.57. The van der Waals surface area contributed by atoms with Crippen LogP contribution in [0.15, 0.2) is 36.4 Å². The monoisotopic (exact) mass is 282 g/mol. The zero-order valence-corrected chi connectivity index (χ0v) is 11.6. The van der Waals surface area contributed by atoms with Crippen LogP contribution >= 0.6 is 22.9 Å². The zero-order valence-electron chi connectivity index (χ0n) is 10.0. The number of halogens is 1. The van der Waals surface area contributed by atoms with E-state index in [1.807, 2.05) is 43.3 Å². The maximum absolute atomic E-state index is 5.95. The van der Waals surface area contributed by atoms with Crippen molar-refractivity contribution >= 4 is 22.9 Å². The van der Waals surface area contributed by atoms with Crippen molar-refractivity contribution in [2.45, 2.75) is 13.0 Å². The highest BCUT2D eigenvalue weighted by molar-refractivity contribution is 7.16. The number of thiophene rings is 1.